The summed E-state index contributed by atoms with van der Waals surface area (Å²) in [5, 5.41) is 47.7. The molecule has 0 aliphatic heterocycles. The molecule has 9 nitrogen and oxygen atoms in total. The number of ketones is 2. The number of carbonyl (C=O) groups is 3. The number of aromatic hydroxyl groups is 1. The Morgan fingerprint density at radius 2 is 1.92 bits per heavy atom. The second-order valence-electron chi connectivity index (χ2n) is 10.9. The molecular formula is C27H31ClN2O7. The average Bonchev–Trinajstić information content (AvgIpc) is 2.80. The molecule has 0 heterocycles. The zero-order valence-electron chi connectivity index (χ0n) is 20.6. The maximum Gasteiger partial charge on any atom is 0.255 e. The van der Waals surface area contributed by atoms with Gasteiger partial charge in [-0.15, -0.1) is 0 Å². The zero-order valence-corrected chi connectivity index (χ0v) is 21.3. The van der Waals surface area contributed by atoms with Crippen molar-refractivity contribution in [3.05, 3.63) is 44.7 Å². The number of carbonyl (C=O) groups excluding carboxylic acids is 3. The van der Waals surface area contributed by atoms with Crippen LogP contribution in [0.3, 0.4) is 0 Å². The molecule has 2 fully saturated rings. The van der Waals surface area contributed by atoms with Gasteiger partial charge in [-0.25, -0.2) is 0 Å². The summed E-state index contributed by atoms with van der Waals surface area (Å²) >= 11 is 6.76. The first-order chi connectivity index (χ1) is 17.4. The van der Waals surface area contributed by atoms with E-state index in [0.29, 0.717) is 28.1 Å². The van der Waals surface area contributed by atoms with Crippen LogP contribution >= 0.6 is 11.6 Å². The highest BCUT2D eigenvalue weighted by molar-refractivity contribution is 6.32. The number of halogens is 1. The predicted molar refractivity (Wildman–Crippen MR) is 135 cm³/mol. The third-order valence-corrected chi connectivity index (χ3v) is 9.52. The molecule has 0 radical (unpaired) electrons. The fourth-order valence-corrected chi connectivity index (χ4v) is 6.94. The molecule has 0 bridgehead atoms. The summed E-state index contributed by atoms with van der Waals surface area (Å²) in [6, 6.07) is 1.46. The third-order valence-electron chi connectivity index (χ3n) is 9.05. The second kappa shape index (κ2) is 8.85. The largest absolute Gasteiger partial charge is 0.508 e. The van der Waals surface area contributed by atoms with Crippen molar-refractivity contribution in [1.82, 2.24) is 5.32 Å². The Bertz CT molecular complexity index is 1290. The minimum absolute atomic E-state index is 0.00454. The van der Waals surface area contributed by atoms with Gasteiger partial charge in [0.05, 0.1) is 5.56 Å². The topological polar surface area (TPSA) is 170 Å². The lowest BCUT2D eigenvalue weighted by Gasteiger charge is -2.46. The minimum Gasteiger partial charge on any atom is -0.508 e. The van der Waals surface area contributed by atoms with Crippen LogP contribution in [0.2, 0.25) is 5.02 Å². The van der Waals surface area contributed by atoms with Gasteiger partial charge >= 0.3 is 0 Å². The number of phenolic OH excluding ortho intramolecular Hbond substituents is 1. The molecule has 3 atom stereocenters. The van der Waals surface area contributed by atoms with Gasteiger partial charge in [-0.1, -0.05) is 24.9 Å². The molecule has 1 amide bonds. The smallest absolute Gasteiger partial charge is 0.255 e. The number of aliphatic hydroxyl groups excluding tert-OH is 2. The Kier molecular flexibility index (Phi) is 6.16. The van der Waals surface area contributed by atoms with E-state index in [1.165, 1.54) is 25.3 Å². The number of hydrogen-bond acceptors (Lipinski definition) is 8. The Morgan fingerprint density at radius 1 is 1.22 bits per heavy atom. The summed E-state index contributed by atoms with van der Waals surface area (Å²) < 4.78 is 0. The number of Topliss-reactive ketones (excluding diaryl/α,β-unsaturated/α-hetero) is 2. The molecule has 4 aliphatic rings. The predicted octanol–water partition coefficient (Wildman–Crippen LogP) is 2.75. The number of phenols is 1. The van der Waals surface area contributed by atoms with Gasteiger partial charge in [-0.2, -0.15) is 0 Å². The van der Waals surface area contributed by atoms with Crippen LogP contribution in [0.25, 0.3) is 5.76 Å². The van der Waals surface area contributed by atoms with Crippen LogP contribution in [0.15, 0.2) is 23.0 Å². The number of primary amides is 1. The highest BCUT2D eigenvalue weighted by atomic mass is 35.5. The Hall–Kier alpha value is -2.88. The number of fused-ring (bicyclic) bond motifs is 3. The van der Waals surface area contributed by atoms with Gasteiger partial charge in [0.1, 0.15) is 22.8 Å². The number of aliphatic hydroxyl groups is 3. The van der Waals surface area contributed by atoms with Crippen molar-refractivity contribution in [3.63, 3.8) is 0 Å². The molecule has 1 unspecified atom stereocenters. The van der Waals surface area contributed by atoms with Gasteiger partial charge < -0.3 is 31.5 Å². The SMILES string of the molecule is CCC1(CNCc2cc(O)c3c(c2Cl)CC2C[C@H]4CC(=O)C(C(N)=O)=C(O)[C@@]4(O)C(=O)C2=C3O)CCC1. The molecule has 2 saturated carbocycles. The fourth-order valence-electron chi connectivity index (χ4n) is 6.65. The molecule has 4 aliphatic carbocycles. The Morgan fingerprint density at radius 3 is 2.51 bits per heavy atom. The van der Waals surface area contributed by atoms with Crippen molar-refractivity contribution in [2.75, 3.05) is 6.54 Å². The van der Waals surface area contributed by atoms with Crippen molar-refractivity contribution in [2.45, 2.75) is 64.0 Å². The van der Waals surface area contributed by atoms with Gasteiger partial charge in [-0.05, 0) is 60.6 Å². The van der Waals surface area contributed by atoms with Crippen LogP contribution in [-0.2, 0) is 27.3 Å². The molecule has 198 valence electrons. The standard InChI is InChI=1S/C27H31ClN2O7/c1-2-26(4-3-5-26)11-30-10-13-8-16(31)19-15(21(13)28)7-12-6-14-9-17(32)20(25(29)36)24(35)27(14,37)23(34)18(12)22(19)33/h8,12,14,30-31,33,35,37H,2-7,9-11H2,1H3,(H2,29,36)/t12?,14-,27-/m0/s1. The summed E-state index contributed by atoms with van der Waals surface area (Å²) in [6.45, 7) is 3.44. The molecule has 0 aromatic heterocycles. The number of rotatable bonds is 6. The minimum atomic E-state index is -2.57. The highest BCUT2D eigenvalue weighted by Crippen LogP contribution is 2.53. The summed E-state index contributed by atoms with van der Waals surface area (Å²) in [5.74, 6) is -6.52. The molecule has 1 aromatic rings. The van der Waals surface area contributed by atoms with E-state index in [0.717, 1.165) is 13.0 Å². The van der Waals surface area contributed by atoms with Crippen molar-refractivity contribution < 1.29 is 34.8 Å². The van der Waals surface area contributed by atoms with Crippen LogP contribution in [0.4, 0.5) is 0 Å². The normalized spacial score (nSPS) is 28.4. The monoisotopic (exact) mass is 530 g/mol. The third kappa shape index (κ3) is 3.70. The summed E-state index contributed by atoms with van der Waals surface area (Å²) in [6.07, 6.45) is 4.57. The highest BCUT2D eigenvalue weighted by Gasteiger charge is 2.60. The van der Waals surface area contributed by atoms with E-state index in [1.807, 2.05) is 0 Å². The van der Waals surface area contributed by atoms with Crippen LogP contribution in [-0.4, -0.2) is 50.0 Å². The van der Waals surface area contributed by atoms with Crippen LogP contribution in [0.1, 0.15) is 62.1 Å². The molecule has 1 aromatic carbocycles. The lowest BCUT2D eigenvalue weighted by atomic mass is 9.59. The summed E-state index contributed by atoms with van der Waals surface area (Å²) in [7, 11) is 0. The van der Waals surface area contributed by atoms with Crippen molar-refractivity contribution in [1.29, 1.82) is 0 Å². The molecule has 10 heteroatoms. The van der Waals surface area contributed by atoms with Crippen molar-refractivity contribution >= 4 is 34.8 Å². The molecule has 5 rings (SSSR count). The van der Waals surface area contributed by atoms with E-state index >= 15 is 0 Å². The van der Waals surface area contributed by atoms with E-state index in [-0.39, 0.29) is 36.1 Å². The zero-order chi connectivity index (χ0) is 26.9. The average molecular weight is 531 g/mol. The van der Waals surface area contributed by atoms with E-state index < -0.39 is 52.0 Å². The lowest BCUT2D eigenvalue weighted by Crippen LogP contribution is -2.58. The van der Waals surface area contributed by atoms with Crippen LogP contribution in [0, 0.1) is 17.3 Å². The van der Waals surface area contributed by atoms with Crippen molar-refractivity contribution in [2.24, 2.45) is 23.0 Å². The molecule has 7 N–H and O–H groups in total. The number of hydrogen-bond donors (Lipinski definition) is 6. The van der Waals surface area contributed by atoms with Crippen LogP contribution in [0.5, 0.6) is 5.75 Å². The summed E-state index contributed by atoms with van der Waals surface area (Å²) in [4.78, 5) is 37.7. The maximum atomic E-state index is 13.5. The number of benzene rings is 1. The second-order valence-corrected chi connectivity index (χ2v) is 11.3. The van der Waals surface area contributed by atoms with Gasteiger partial charge in [-0.3, -0.25) is 14.4 Å². The van der Waals surface area contributed by atoms with Crippen LogP contribution < -0.4 is 11.1 Å². The van der Waals surface area contributed by atoms with E-state index in [2.05, 4.69) is 12.2 Å². The maximum absolute atomic E-state index is 13.5. The van der Waals surface area contributed by atoms with Gasteiger partial charge in [0.25, 0.3) is 5.91 Å². The molecule has 0 saturated heterocycles. The first kappa shape index (κ1) is 25.8. The van der Waals surface area contributed by atoms with Gasteiger partial charge in [0.2, 0.25) is 5.78 Å². The number of nitrogens with one attached hydrogen (secondary N) is 1. The number of amides is 1. The number of nitrogens with two attached hydrogens (primary N) is 1. The first-order valence-corrected chi connectivity index (χ1v) is 13.0. The van der Waals surface area contributed by atoms with E-state index in [1.54, 1.807) is 0 Å². The molecule has 37 heavy (non-hydrogen) atoms. The fraction of sp³-hybridized carbons (Fsp3) is 0.519. The Labute approximate surface area is 219 Å². The summed E-state index contributed by atoms with van der Waals surface area (Å²) in [5.41, 5.74) is 3.10. The quantitative estimate of drug-likeness (QED) is 0.305. The molecule has 0 spiro atoms. The van der Waals surface area contributed by atoms with E-state index in [9.17, 15) is 34.8 Å². The Balaban J connectivity index is 1.51. The lowest BCUT2D eigenvalue weighted by molar-refractivity contribution is -0.147. The first-order valence-electron chi connectivity index (χ1n) is 12.7. The van der Waals surface area contributed by atoms with Gasteiger partial charge in [0.15, 0.2) is 11.4 Å². The molecular weight excluding hydrogens is 500 g/mol. The van der Waals surface area contributed by atoms with Crippen molar-refractivity contribution in [3.8, 4) is 5.75 Å². The van der Waals surface area contributed by atoms with E-state index in [4.69, 9.17) is 17.3 Å². The van der Waals surface area contributed by atoms with Gasteiger partial charge in [0, 0.05) is 36.0 Å².